The minimum atomic E-state index is 0.161. The molecule has 0 saturated heterocycles. The van der Waals surface area contributed by atoms with Crippen LogP contribution < -0.4 is 5.32 Å². The van der Waals surface area contributed by atoms with Gasteiger partial charge in [-0.15, -0.1) is 0 Å². The Bertz CT molecular complexity index is 558. The Morgan fingerprint density at radius 3 is 2.86 bits per heavy atom. The first-order chi connectivity index (χ1) is 10.8. The Labute approximate surface area is 131 Å². The predicted molar refractivity (Wildman–Crippen MR) is 82.4 cm³/mol. The minimum Gasteiger partial charge on any atom is -0.376 e. The molecule has 0 radical (unpaired) electrons. The molecule has 1 N–H and O–H groups in total. The molecule has 2 saturated carbocycles. The summed E-state index contributed by atoms with van der Waals surface area (Å²) in [5.74, 6) is 1.72. The van der Waals surface area contributed by atoms with Gasteiger partial charge < -0.3 is 10.1 Å². The van der Waals surface area contributed by atoms with E-state index in [4.69, 9.17) is 9.84 Å². The number of hydrogen-bond acceptors (Lipinski definition) is 3. The summed E-state index contributed by atoms with van der Waals surface area (Å²) < 4.78 is 7.81. The molecule has 2 aliphatic carbocycles. The number of amides is 1. The highest BCUT2D eigenvalue weighted by atomic mass is 16.5. The van der Waals surface area contributed by atoms with Crippen LogP contribution in [0.2, 0.25) is 0 Å². The number of hydrogen-bond donors (Lipinski definition) is 1. The molecule has 2 heterocycles. The molecular weight excluding hydrogens is 278 g/mol. The van der Waals surface area contributed by atoms with Gasteiger partial charge in [0, 0.05) is 43.6 Å². The van der Waals surface area contributed by atoms with Gasteiger partial charge in [0.05, 0.1) is 18.9 Å². The predicted octanol–water partition coefficient (Wildman–Crippen LogP) is 1.82. The molecule has 0 atom stereocenters. The van der Waals surface area contributed by atoms with Crippen LogP contribution in [0.4, 0.5) is 0 Å². The normalized spacial score (nSPS) is 20.7. The SMILES string of the molecule is O=C(CCc1nn(CC2CC2)c2c1COCC2)NCC1CC1. The van der Waals surface area contributed by atoms with Crippen LogP contribution in [0, 0.1) is 11.8 Å². The molecule has 22 heavy (non-hydrogen) atoms. The summed E-state index contributed by atoms with van der Waals surface area (Å²) in [4.78, 5) is 11.9. The van der Waals surface area contributed by atoms with Crippen molar-refractivity contribution in [2.24, 2.45) is 11.8 Å². The second-order valence-electron chi connectivity index (χ2n) is 7.05. The number of nitrogens with zero attached hydrogens (tertiary/aromatic N) is 2. The molecule has 5 heteroatoms. The van der Waals surface area contributed by atoms with Gasteiger partial charge >= 0.3 is 0 Å². The Balaban J connectivity index is 1.39. The third-order valence-electron chi connectivity index (χ3n) is 4.98. The Kier molecular flexibility index (Phi) is 3.90. The molecule has 0 unspecified atom stereocenters. The number of carbonyl (C=O) groups excluding carboxylic acids is 1. The summed E-state index contributed by atoms with van der Waals surface area (Å²) >= 11 is 0. The average Bonchev–Trinajstić information content (AvgIpc) is 3.43. The molecule has 0 spiro atoms. The van der Waals surface area contributed by atoms with Crippen molar-refractivity contribution in [1.29, 1.82) is 0 Å². The first-order valence-corrected chi connectivity index (χ1v) is 8.71. The van der Waals surface area contributed by atoms with Gasteiger partial charge in [-0.2, -0.15) is 5.10 Å². The topological polar surface area (TPSA) is 56.2 Å². The van der Waals surface area contributed by atoms with Crippen LogP contribution in [0.25, 0.3) is 0 Å². The van der Waals surface area contributed by atoms with E-state index in [-0.39, 0.29) is 5.91 Å². The molecular formula is C17H25N3O2. The molecule has 1 aromatic rings. The first-order valence-electron chi connectivity index (χ1n) is 8.71. The van der Waals surface area contributed by atoms with Crippen LogP contribution in [0.5, 0.6) is 0 Å². The van der Waals surface area contributed by atoms with Crippen molar-refractivity contribution < 1.29 is 9.53 Å². The molecule has 3 aliphatic rings. The van der Waals surface area contributed by atoms with Crippen LogP contribution >= 0.6 is 0 Å². The fourth-order valence-electron chi connectivity index (χ4n) is 3.18. The van der Waals surface area contributed by atoms with E-state index in [9.17, 15) is 4.79 Å². The quantitative estimate of drug-likeness (QED) is 0.836. The summed E-state index contributed by atoms with van der Waals surface area (Å²) in [6.07, 6.45) is 7.46. The Morgan fingerprint density at radius 1 is 1.27 bits per heavy atom. The molecule has 2 fully saturated rings. The fraction of sp³-hybridized carbons (Fsp3) is 0.765. The van der Waals surface area contributed by atoms with Gasteiger partial charge in [0.25, 0.3) is 0 Å². The number of carbonyl (C=O) groups is 1. The number of aromatic nitrogens is 2. The smallest absolute Gasteiger partial charge is 0.220 e. The van der Waals surface area contributed by atoms with E-state index < -0.39 is 0 Å². The average molecular weight is 303 g/mol. The van der Waals surface area contributed by atoms with Crippen molar-refractivity contribution in [3.63, 3.8) is 0 Å². The van der Waals surface area contributed by atoms with Crippen molar-refractivity contribution in [1.82, 2.24) is 15.1 Å². The van der Waals surface area contributed by atoms with Gasteiger partial charge in [0.2, 0.25) is 5.91 Å². The van der Waals surface area contributed by atoms with Gasteiger partial charge in [0.1, 0.15) is 0 Å². The highest BCUT2D eigenvalue weighted by Gasteiger charge is 2.27. The standard InChI is InChI=1S/C17H25N3O2/c21-17(18-9-12-1-2-12)6-5-15-14-11-22-8-7-16(14)20(19-15)10-13-3-4-13/h12-13H,1-11H2,(H,18,21). The van der Waals surface area contributed by atoms with Crippen LogP contribution in [-0.4, -0.2) is 28.8 Å². The molecule has 1 amide bonds. The minimum absolute atomic E-state index is 0.161. The van der Waals surface area contributed by atoms with E-state index in [0.717, 1.165) is 50.1 Å². The highest BCUT2D eigenvalue weighted by Crippen LogP contribution is 2.32. The van der Waals surface area contributed by atoms with E-state index >= 15 is 0 Å². The summed E-state index contributed by atoms with van der Waals surface area (Å²) in [6.45, 7) is 3.37. The highest BCUT2D eigenvalue weighted by molar-refractivity contribution is 5.76. The maximum Gasteiger partial charge on any atom is 0.220 e. The van der Waals surface area contributed by atoms with Crippen LogP contribution in [0.3, 0.4) is 0 Å². The zero-order chi connectivity index (χ0) is 14.9. The monoisotopic (exact) mass is 303 g/mol. The van der Waals surface area contributed by atoms with Crippen molar-refractivity contribution in [2.75, 3.05) is 13.2 Å². The molecule has 1 aliphatic heterocycles. The van der Waals surface area contributed by atoms with E-state index in [0.29, 0.717) is 13.0 Å². The van der Waals surface area contributed by atoms with Gasteiger partial charge in [-0.1, -0.05) is 0 Å². The lowest BCUT2D eigenvalue weighted by Gasteiger charge is -2.15. The number of nitrogens with one attached hydrogen (secondary N) is 1. The van der Waals surface area contributed by atoms with E-state index in [1.807, 2.05) is 0 Å². The van der Waals surface area contributed by atoms with E-state index in [1.165, 1.54) is 36.9 Å². The van der Waals surface area contributed by atoms with Crippen molar-refractivity contribution >= 4 is 5.91 Å². The van der Waals surface area contributed by atoms with Crippen LogP contribution in [0.15, 0.2) is 0 Å². The van der Waals surface area contributed by atoms with E-state index in [2.05, 4.69) is 10.00 Å². The lowest BCUT2D eigenvalue weighted by atomic mass is 10.1. The second kappa shape index (κ2) is 6.03. The summed E-state index contributed by atoms with van der Waals surface area (Å²) in [6, 6.07) is 0. The summed E-state index contributed by atoms with van der Waals surface area (Å²) in [5.41, 5.74) is 3.69. The fourth-order valence-corrected chi connectivity index (χ4v) is 3.18. The van der Waals surface area contributed by atoms with Gasteiger partial charge in [-0.25, -0.2) is 0 Å². The molecule has 0 aromatic carbocycles. The lowest BCUT2D eigenvalue weighted by molar-refractivity contribution is -0.121. The zero-order valence-electron chi connectivity index (χ0n) is 13.1. The summed E-state index contributed by atoms with van der Waals surface area (Å²) in [7, 11) is 0. The Hall–Kier alpha value is -1.36. The van der Waals surface area contributed by atoms with Crippen molar-refractivity contribution in [3.05, 3.63) is 17.0 Å². The van der Waals surface area contributed by atoms with E-state index in [1.54, 1.807) is 0 Å². The number of aryl methyl sites for hydroxylation is 1. The third kappa shape index (κ3) is 3.35. The molecule has 120 valence electrons. The Morgan fingerprint density at radius 2 is 2.09 bits per heavy atom. The van der Waals surface area contributed by atoms with Crippen molar-refractivity contribution in [2.45, 2.75) is 58.1 Å². The maximum absolute atomic E-state index is 11.9. The van der Waals surface area contributed by atoms with Crippen LogP contribution in [0.1, 0.15) is 49.1 Å². The molecule has 5 nitrogen and oxygen atoms in total. The number of rotatable bonds is 7. The first kappa shape index (κ1) is 14.2. The van der Waals surface area contributed by atoms with Crippen molar-refractivity contribution in [3.8, 4) is 0 Å². The lowest BCUT2D eigenvalue weighted by Crippen LogP contribution is -2.25. The molecule has 4 rings (SSSR count). The van der Waals surface area contributed by atoms with Crippen LogP contribution in [-0.2, 0) is 35.5 Å². The van der Waals surface area contributed by atoms with Gasteiger partial charge in [-0.3, -0.25) is 9.48 Å². The largest absolute Gasteiger partial charge is 0.376 e. The number of fused-ring (bicyclic) bond motifs is 1. The van der Waals surface area contributed by atoms with Gasteiger partial charge in [0.15, 0.2) is 0 Å². The number of ether oxygens (including phenoxy) is 1. The second-order valence-corrected chi connectivity index (χ2v) is 7.05. The maximum atomic E-state index is 11.9. The third-order valence-corrected chi connectivity index (χ3v) is 4.98. The molecule has 1 aromatic heterocycles. The molecule has 0 bridgehead atoms. The summed E-state index contributed by atoms with van der Waals surface area (Å²) in [5, 5.41) is 7.85. The zero-order valence-corrected chi connectivity index (χ0v) is 13.1. The van der Waals surface area contributed by atoms with Gasteiger partial charge in [-0.05, 0) is 37.5 Å².